The van der Waals surface area contributed by atoms with Crippen LogP contribution in [-0.4, -0.2) is 27.9 Å². The maximum atomic E-state index is 10.1. The Morgan fingerprint density at radius 3 is 2.09 bits per heavy atom. The van der Waals surface area contributed by atoms with Crippen LogP contribution >= 0.6 is 0 Å². The second-order valence-corrected chi connectivity index (χ2v) is 1.77. The second kappa shape index (κ2) is 4.26. The van der Waals surface area contributed by atoms with Crippen molar-refractivity contribution < 1.29 is 19.8 Å². The van der Waals surface area contributed by atoms with Gasteiger partial charge in [0.05, 0.1) is 6.42 Å². The van der Waals surface area contributed by atoms with E-state index in [1.165, 1.54) is 0 Å². The minimum Gasteiger partial charge on any atom is -0.481 e. The van der Waals surface area contributed by atoms with E-state index in [0.29, 0.717) is 0 Å². The van der Waals surface area contributed by atoms with Crippen molar-refractivity contribution in [3.63, 3.8) is 0 Å². The summed E-state index contributed by atoms with van der Waals surface area (Å²) < 4.78 is 0. The average Bonchev–Trinajstić information content (AvgIpc) is 1.87. The lowest BCUT2D eigenvalue weighted by atomic mass is 10.2. The molecule has 6 heteroatoms. The Bertz CT molecular complexity index is 199. The number of carbonyl (C=O) groups is 2. The summed E-state index contributed by atoms with van der Waals surface area (Å²) in [5.41, 5.74) is -0.326. The van der Waals surface area contributed by atoms with Gasteiger partial charge in [-0.1, -0.05) is 0 Å². The van der Waals surface area contributed by atoms with Crippen molar-refractivity contribution in [3.05, 3.63) is 0 Å². The Morgan fingerprint density at radius 1 is 1.27 bits per heavy atom. The van der Waals surface area contributed by atoms with Gasteiger partial charge in [-0.05, 0) is 0 Å². The SMILES string of the molecule is NN=C(CCC(=O)O)C(=O)O. The molecule has 0 rings (SSSR count). The standard InChI is InChI=1S/C5H8N2O4/c6-7-3(5(10)11)1-2-4(8)9/h1-2,6H2,(H,8,9)(H,10,11). The Morgan fingerprint density at radius 2 is 1.82 bits per heavy atom. The molecule has 0 aliphatic carbocycles. The molecule has 6 nitrogen and oxygen atoms in total. The molecule has 0 heterocycles. The van der Waals surface area contributed by atoms with Gasteiger partial charge in [0.25, 0.3) is 0 Å². The molecule has 0 aromatic carbocycles. The molecule has 4 N–H and O–H groups in total. The molecule has 62 valence electrons. The van der Waals surface area contributed by atoms with Crippen LogP contribution in [0.15, 0.2) is 5.10 Å². The highest BCUT2D eigenvalue weighted by molar-refractivity contribution is 6.35. The van der Waals surface area contributed by atoms with E-state index in [2.05, 4.69) is 10.9 Å². The zero-order chi connectivity index (χ0) is 8.85. The molecular formula is C5H8N2O4. The smallest absolute Gasteiger partial charge is 0.352 e. The summed E-state index contributed by atoms with van der Waals surface area (Å²) >= 11 is 0. The van der Waals surface area contributed by atoms with Crippen molar-refractivity contribution in [1.82, 2.24) is 0 Å². The van der Waals surface area contributed by atoms with Crippen LogP contribution in [0.2, 0.25) is 0 Å². The molecule has 0 aromatic rings. The number of hydrogen-bond donors (Lipinski definition) is 3. The molecule has 0 aromatic heterocycles. The van der Waals surface area contributed by atoms with Gasteiger partial charge in [-0.15, -0.1) is 0 Å². The van der Waals surface area contributed by atoms with Gasteiger partial charge in [0, 0.05) is 6.42 Å². The Kier molecular flexibility index (Phi) is 3.65. The van der Waals surface area contributed by atoms with Crippen LogP contribution in [0.25, 0.3) is 0 Å². The summed E-state index contributed by atoms with van der Waals surface area (Å²) in [7, 11) is 0. The van der Waals surface area contributed by atoms with Crippen LogP contribution in [-0.2, 0) is 9.59 Å². The fourth-order valence-electron chi connectivity index (χ4n) is 0.452. The first-order valence-corrected chi connectivity index (χ1v) is 2.79. The van der Waals surface area contributed by atoms with E-state index in [0.717, 1.165) is 0 Å². The summed E-state index contributed by atoms with van der Waals surface area (Å²) in [6.45, 7) is 0. The average molecular weight is 160 g/mol. The lowest BCUT2D eigenvalue weighted by molar-refractivity contribution is -0.136. The molecule has 0 amide bonds. The first-order valence-electron chi connectivity index (χ1n) is 2.79. The van der Waals surface area contributed by atoms with Crippen LogP contribution < -0.4 is 5.84 Å². The Labute approximate surface area is 62.3 Å². The van der Waals surface area contributed by atoms with E-state index < -0.39 is 11.9 Å². The number of carboxylic acids is 2. The molecule has 0 bridgehead atoms. The van der Waals surface area contributed by atoms with E-state index >= 15 is 0 Å². The third kappa shape index (κ3) is 3.90. The molecule has 0 saturated heterocycles. The number of nitrogens with zero attached hydrogens (tertiary/aromatic N) is 1. The summed E-state index contributed by atoms with van der Waals surface area (Å²) in [5.74, 6) is 2.31. The van der Waals surface area contributed by atoms with Crippen molar-refractivity contribution in [3.8, 4) is 0 Å². The van der Waals surface area contributed by atoms with Gasteiger partial charge in [0.1, 0.15) is 5.71 Å². The van der Waals surface area contributed by atoms with Gasteiger partial charge >= 0.3 is 11.9 Å². The normalized spacial score (nSPS) is 11.1. The first-order chi connectivity index (χ1) is 5.07. The van der Waals surface area contributed by atoms with Crippen LogP contribution in [0.3, 0.4) is 0 Å². The van der Waals surface area contributed by atoms with Gasteiger partial charge in [0.2, 0.25) is 0 Å². The van der Waals surface area contributed by atoms with Crippen molar-refractivity contribution >= 4 is 17.7 Å². The molecule has 0 unspecified atom stereocenters. The number of nitrogens with two attached hydrogens (primary N) is 1. The second-order valence-electron chi connectivity index (χ2n) is 1.77. The molecule has 0 aliphatic rings. The van der Waals surface area contributed by atoms with Crippen LogP contribution in [0.1, 0.15) is 12.8 Å². The minimum atomic E-state index is -1.28. The molecule has 0 spiro atoms. The molecule has 0 aliphatic heterocycles. The minimum absolute atomic E-state index is 0.152. The third-order valence-corrected chi connectivity index (χ3v) is 0.978. The van der Waals surface area contributed by atoms with Crippen LogP contribution in [0, 0.1) is 0 Å². The largest absolute Gasteiger partial charge is 0.481 e. The number of carboxylic acid groups (broad SMARTS) is 2. The van der Waals surface area contributed by atoms with Gasteiger partial charge in [-0.2, -0.15) is 5.10 Å². The van der Waals surface area contributed by atoms with Crippen molar-refractivity contribution in [1.29, 1.82) is 0 Å². The van der Waals surface area contributed by atoms with Crippen molar-refractivity contribution in [2.24, 2.45) is 10.9 Å². The number of aliphatic carboxylic acids is 2. The zero-order valence-electron chi connectivity index (χ0n) is 5.65. The van der Waals surface area contributed by atoms with Gasteiger partial charge in [-0.25, -0.2) is 4.79 Å². The van der Waals surface area contributed by atoms with E-state index in [-0.39, 0.29) is 18.6 Å². The predicted octanol–water partition coefficient (Wildman–Crippen LogP) is -0.750. The molecule has 0 fully saturated rings. The molecule has 0 radical (unpaired) electrons. The lowest BCUT2D eigenvalue weighted by Crippen LogP contribution is -2.16. The molecular weight excluding hydrogens is 152 g/mol. The quantitative estimate of drug-likeness (QED) is 0.284. The number of rotatable bonds is 4. The van der Waals surface area contributed by atoms with E-state index in [4.69, 9.17) is 10.2 Å². The summed E-state index contributed by atoms with van der Waals surface area (Å²) in [4.78, 5) is 20.1. The highest BCUT2D eigenvalue weighted by atomic mass is 16.4. The molecule has 11 heavy (non-hydrogen) atoms. The summed E-state index contributed by atoms with van der Waals surface area (Å²) in [6.07, 6.45) is -0.427. The maximum absolute atomic E-state index is 10.1. The Balaban J connectivity index is 3.92. The Hall–Kier alpha value is -1.59. The highest BCUT2D eigenvalue weighted by Crippen LogP contribution is 1.92. The monoisotopic (exact) mass is 160 g/mol. The van der Waals surface area contributed by atoms with Gasteiger partial charge in [0.15, 0.2) is 0 Å². The van der Waals surface area contributed by atoms with E-state index in [1.807, 2.05) is 0 Å². The van der Waals surface area contributed by atoms with Crippen LogP contribution in [0.5, 0.6) is 0 Å². The lowest BCUT2D eigenvalue weighted by Gasteiger charge is -1.94. The zero-order valence-corrected chi connectivity index (χ0v) is 5.65. The van der Waals surface area contributed by atoms with E-state index in [9.17, 15) is 9.59 Å². The number of hydrogen-bond acceptors (Lipinski definition) is 4. The van der Waals surface area contributed by atoms with Crippen molar-refractivity contribution in [2.45, 2.75) is 12.8 Å². The first kappa shape index (κ1) is 9.41. The number of hydrazone groups is 1. The maximum Gasteiger partial charge on any atom is 0.352 e. The molecule has 0 saturated carbocycles. The fraction of sp³-hybridized carbons (Fsp3) is 0.400. The summed E-state index contributed by atoms with van der Waals surface area (Å²) in [6, 6.07) is 0. The predicted molar refractivity (Wildman–Crippen MR) is 36.1 cm³/mol. The van der Waals surface area contributed by atoms with Gasteiger partial charge < -0.3 is 16.1 Å². The third-order valence-electron chi connectivity index (χ3n) is 0.978. The molecule has 0 atom stereocenters. The summed E-state index contributed by atoms with van der Waals surface area (Å²) in [5, 5.41) is 19.3. The van der Waals surface area contributed by atoms with Gasteiger partial charge in [-0.3, -0.25) is 4.79 Å². The van der Waals surface area contributed by atoms with E-state index in [1.54, 1.807) is 0 Å². The highest BCUT2D eigenvalue weighted by Gasteiger charge is 2.10. The van der Waals surface area contributed by atoms with Crippen molar-refractivity contribution in [2.75, 3.05) is 0 Å². The van der Waals surface area contributed by atoms with Crippen LogP contribution in [0.4, 0.5) is 0 Å². The topological polar surface area (TPSA) is 113 Å². The fourth-order valence-corrected chi connectivity index (χ4v) is 0.452.